The number of pyridine rings is 1. The van der Waals surface area contributed by atoms with E-state index in [1.54, 1.807) is 17.0 Å². The minimum atomic E-state index is -0.597. The van der Waals surface area contributed by atoms with Gasteiger partial charge in [0.15, 0.2) is 5.82 Å². The zero-order valence-corrected chi connectivity index (χ0v) is 19.1. The predicted octanol–water partition coefficient (Wildman–Crippen LogP) is 3.33. The van der Waals surface area contributed by atoms with Crippen LogP contribution < -0.4 is 10.6 Å². The molecule has 0 saturated heterocycles. The van der Waals surface area contributed by atoms with Gasteiger partial charge in [0.1, 0.15) is 23.2 Å². The highest BCUT2D eigenvalue weighted by molar-refractivity contribution is 6.04. The van der Waals surface area contributed by atoms with E-state index in [0.29, 0.717) is 43.4 Å². The molecule has 10 heteroatoms. The minimum absolute atomic E-state index is 0.0827. The molecule has 4 heterocycles. The standard InChI is InChI=1S/C24H26FN7O2/c1-3-26-24(34)31-10-9-15-12-18(25)17(11-16(15)13-31)23(33)28-20-6-4-5-19(27-20)22-30-29-21-8-7-14(2)32(21)22/h4-6,11-12,14H,3,7-10,13H2,1-2H3,(H,26,34)(H,27,28,33)/t14-/m0/s1. The summed E-state index contributed by atoms with van der Waals surface area (Å²) in [4.78, 5) is 31.3. The number of fused-ring (bicyclic) bond motifs is 2. The van der Waals surface area contributed by atoms with Crippen molar-refractivity contribution in [2.75, 3.05) is 18.4 Å². The van der Waals surface area contributed by atoms with E-state index in [2.05, 4.69) is 37.3 Å². The van der Waals surface area contributed by atoms with Crippen LogP contribution in [0.5, 0.6) is 0 Å². The molecule has 176 valence electrons. The van der Waals surface area contributed by atoms with E-state index in [1.807, 2.05) is 13.0 Å². The second-order valence-electron chi connectivity index (χ2n) is 8.67. The smallest absolute Gasteiger partial charge is 0.317 e. The van der Waals surface area contributed by atoms with Crippen molar-refractivity contribution in [2.45, 2.75) is 45.7 Å². The molecular weight excluding hydrogens is 437 g/mol. The molecule has 1 atom stereocenters. The zero-order chi connectivity index (χ0) is 23.8. The molecule has 0 fully saturated rings. The molecule has 3 amide bonds. The number of nitrogens with zero attached hydrogens (tertiary/aromatic N) is 5. The topological polar surface area (TPSA) is 105 Å². The van der Waals surface area contributed by atoms with Gasteiger partial charge in [-0.2, -0.15) is 0 Å². The van der Waals surface area contributed by atoms with Crippen LogP contribution in [0.15, 0.2) is 30.3 Å². The Bertz CT molecular complexity index is 1270. The number of carbonyl (C=O) groups is 2. The first-order chi connectivity index (χ1) is 16.4. The van der Waals surface area contributed by atoms with E-state index in [4.69, 9.17) is 0 Å². The van der Waals surface area contributed by atoms with Gasteiger partial charge in [-0.1, -0.05) is 6.07 Å². The average molecular weight is 464 g/mol. The quantitative estimate of drug-likeness (QED) is 0.618. The fourth-order valence-electron chi connectivity index (χ4n) is 4.60. The second-order valence-corrected chi connectivity index (χ2v) is 8.67. The Morgan fingerprint density at radius 3 is 2.85 bits per heavy atom. The number of rotatable bonds is 4. The molecule has 0 aliphatic carbocycles. The lowest BCUT2D eigenvalue weighted by Crippen LogP contribution is -2.42. The first kappa shape index (κ1) is 22.0. The molecule has 0 unspecified atom stereocenters. The first-order valence-electron chi connectivity index (χ1n) is 11.5. The number of carbonyl (C=O) groups excluding carboxylic acids is 2. The number of aromatic nitrogens is 4. The van der Waals surface area contributed by atoms with Crippen molar-refractivity contribution < 1.29 is 14.0 Å². The van der Waals surface area contributed by atoms with Gasteiger partial charge in [-0.05, 0) is 62.1 Å². The molecule has 0 spiro atoms. The number of hydrogen-bond donors (Lipinski definition) is 2. The fourth-order valence-corrected chi connectivity index (χ4v) is 4.60. The van der Waals surface area contributed by atoms with Gasteiger partial charge in [0, 0.05) is 32.1 Å². The summed E-state index contributed by atoms with van der Waals surface area (Å²) in [6.45, 7) is 5.33. The molecule has 9 nitrogen and oxygen atoms in total. The van der Waals surface area contributed by atoms with Gasteiger partial charge >= 0.3 is 6.03 Å². The molecule has 5 rings (SSSR count). The molecule has 2 N–H and O–H groups in total. The van der Waals surface area contributed by atoms with Crippen LogP contribution in [0.4, 0.5) is 15.0 Å². The van der Waals surface area contributed by atoms with Crippen molar-refractivity contribution in [1.82, 2.24) is 30.0 Å². The lowest BCUT2D eigenvalue weighted by Gasteiger charge is -2.29. The zero-order valence-electron chi connectivity index (χ0n) is 19.1. The third-order valence-corrected chi connectivity index (χ3v) is 6.37. The maximum absolute atomic E-state index is 14.8. The van der Waals surface area contributed by atoms with Crippen LogP contribution in [0.25, 0.3) is 11.5 Å². The molecule has 34 heavy (non-hydrogen) atoms. The third-order valence-electron chi connectivity index (χ3n) is 6.37. The van der Waals surface area contributed by atoms with Crippen LogP contribution >= 0.6 is 0 Å². The number of hydrogen-bond acceptors (Lipinski definition) is 5. The number of aryl methyl sites for hydroxylation is 1. The number of urea groups is 1. The Balaban J connectivity index is 1.37. The van der Waals surface area contributed by atoms with Crippen LogP contribution in [-0.2, 0) is 19.4 Å². The number of halogens is 1. The lowest BCUT2D eigenvalue weighted by molar-refractivity contribution is 0.102. The van der Waals surface area contributed by atoms with Crippen LogP contribution in [0.1, 0.15) is 53.6 Å². The molecule has 2 aromatic heterocycles. The molecule has 1 aromatic carbocycles. The molecule has 0 saturated carbocycles. The summed E-state index contributed by atoms with van der Waals surface area (Å²) in [6, 6.07) is 8.27. The monoisotopic (exact) mass is 463 g/mol. The first-order valence-corrected chi connectivity index (χ1v) is 11.5. The van der Waals surface area contributed by atoms with E-state index >= 15 is 0 Å². The van der Waals surface area contributed by atoms with Crippen molar-refractivity contribution in [3.63, 3.8) is 0 Å². The Labute approximate surface area is 196 Å². The van der Waals surface area contributed by atoms with Gasteiger partial charge in [-0.15, -0.1) is 10.2 Å². The molecule has 2 aliphatic heterocycles. The molecule has 2 aliphatic rings. The molecule has 3 aromatic rings. The summed E-state index contributed by atoms with van der Waals surface area (Å²) >= 11 is 0. The normalized spacial score (nSPS) is 16.7. The van der Waals surface area contributed by atoms with Crippen molar-refractivity contribution in [2.24, 2.45) is 0 Å². The summed E-state index contributed by atoms with van der Waals surface area (Å²) in [5.41, 5.74) is 2.08. The maximum Gasteiger partial charge on any atom is 0.317 e. The molecule has 0 radical (unpaired) electrons. The fraction of sp³-hybridized carbons (Fsp3) is 0.375. The Morgan fingerprint density at radius 1 is 1.18 bits per heavy atom. The average Bonchev–Trinajstić information content (AvgIpc) is 3.41. The highest BCUT2D eigenvalue weighted by Crippen LogP contribution is 2.30. The van der Waals surface area contributed by atoms with Crippen LogP contribution in [0.2, 0.25) is 0 Å². The number of nitrogens with one attached hydrogen (secondary N) is 2. The van der Waals surface area contributed by atoms with Gasteiger partial charge in [-0.25, -0.2) is 14.2 Å². The van der Waals surface area contributed by atoms with Crippen LogP contribution in [-0.4, -0.2) is 49.7 Å². The van der Waals surface area contributed by atoms with Crippen LogP contribution in [0.3, 0.4) is 0 Å². The summed E-state index contributed by atoms with van der Waals surface area (Å²) in [6.07, 6.45) is 2.42. The van der Waals surface area contributed by atoms with Crippen LogP contribution in [0, 0.1) is 5.82 Å². The third kappa shape index (κ3) is 4.00. The van der Waals surface area contributed by atoms with Crippen molar-refractivity contribution in [3.05, 3.63) is 58.7 Å². The van der Waals surface area contributed by atoms with E-state index in [1.165, 1.54) is 12.1 Å². The van der Waals surface area contributed by atoms with E-state index in [9.17, 15) is 14.0 Å². The minimum Gasteiger partial charge on any atom is -0.338 e. The van der Waals surface area contributed by atoms with Gasteiger partial charge in [0.25, 0.3) is 5.91 Å². The summed E-state index contributed by atoms with van der Waals surface area (Å²) in [5, 5.41) is 14.0. The van der Waals surface area contributed by atoms with E-state index < -0.39 is 11.7 Å². The summed E-state index contributed by atoms with van der Waals surface area (Å²) in [5.74, 6) is 0.687. The number of anilines is 1. The highest BCUT2D eigenvalue weighted by Gasteiger charge is 2.26. The van der Waals surface area contributed by atoms with E-state index in [0.717, 1.165) is 29.8 Å². The van der Waals surface area contributed by atoms with Gasteiger partial charge in [0.2, 0.25) is 0 Å². The SMILES string of the molecule is CCNC(=O)N1CCc2cc(F)c(C(=O)Nc3cccc(-c4nnc5n4[C@@H](C)CC5)n3)cc2C1. The maximum atomic E-state index is 14.8. The largest absolute Gasteiger partial charge is 0.338 e. The number of benzene rings is 1. The second kappa shape index (κ2) is 8.85. The lowest BCUT2D eigenvalue weighted by atomic mass is 9.96. The molecular formula is C24H26FN7O2. The van der Waals surface area contributed by atoms with Gasteiger partial charge in [-0.3, -0.25) is 4.79 Å². The van der Waals surface area contributed by atoms with Crippen molar-refractivity contribution >= 4 is 17.8 Å². The summed E-state index contributed by atoms with van der Waals surface area (Å²) in [7, 11) is 0. The summed E-state index contributed by atoms with van der Waals surface area (Å²) < 4.78 is 16.9. The Morgan fingerprint density at radius 2 is 2.03 bits per heavy atom. The number of amides is 3. The predicted molar refractivity (Wildman–Crippen MR) is 124 cm³/mol. The van der Waals surface area contributed by atoms with Gasteiger partial charge < -0.3 is 20.1 Å². The van der Waals surface area contributed by atoms with Crippen molar-refractivity contribution in [3.8, 4) is 11.5 Å². The van der Waals surface area contributed by atoms with Gasteiger partial charge in [0.05, 0.1) is 5.56 Å². The van der Waals surface area contributed by atoms with E-state index in [-0.39, 0.29) is 17.6 Å². The Kier molecular flexibility index (Phi) is 5.72. The Hall–Kier alpha value is -3.82. The highest BCUT2D eigenvalue weighted by atomic mass is 19.1. The molecule has 0 bridgehead atoms. The van der Waals surface area contributed by atoms with Crippen molar-refractivity contribution in [1.29, 1.82) is 0 Å².